The molecule has 0 aliphatic heterocycles. The first-order valence-electron chi connectivity index (χ1n) is 12.0. The van der Waals surface area contributed by atoms with Gasteiger partial charge in [0.05, 0.1) is 16.9 Å². The van der Waals surface area contributed by atoms with E-state index in [1.807, 2.05) is 0 Å². The summed E-state index contributed by atoms with van der Waals surface area (Å²) in [6.07, 6.45) is 1.04. The average molecular weight is 545 g/mol. The first-order valence-corrected chi connectivity index (χ1v) is 13.8. The number of para-hydroxylation sites is 1. The number of benzene rings is 2. The Balaban J connectivity index is 1.74. The number of carbonyl (C=O) groups is 1. The quantitative estimate of drug-likeness (QED) is 0.253. The maximum Gasteiger partial charge on any atom is 0.255 e. The van der Waals surface area contributed by atoms with E-state index in [4.69, 9.17) is 9.84 Å². The molecule has 0 radical (unpaired) electrons. The van der Waals surface area contributed by atoms with Gasteiger partial charge in [0.2, 0.25) is 0 Å². The number of amides is 1. The molecule has 0 saturated carbocycles. The van der Waals surface area contributed by atoms with Gasteiger partial charge < -0.3 is 25.4 Å². The van der Waals surface area contributed by atoms with Gasteiger partial charge in [-0.15, -0.1) is 0 Å². The van der Waals surface area contributed by atoms with E-state index in [1.54, 1.807) is 42.5 Å². The number of carbonyl (C=O) groups excluding carboxylic acids is 1. The molecule has 0 fully saturated rings. The van der Waals surface area contributed by atoms with E-state index in [-0.39, 0.29) is 30.9 Å². The van der Waals surface area contributed by atoms with Crippen LogP contribution in [0.4, 0.5) is 0 Å². The van der Waals surface area contributed by atoms with Crippen molar-refractivity contribution >= 4 is 15.7 Å². The first-order chi connectivity index (χ1) is 17.9. The number of nitrogens with zero attached hydrogens (tertiary/aromatic N) is 1. The highest BCUT2D eigenvalue weighted by Gasteiger charge is 2.39. The van der Waals surface area contributed by atoms with Crippen LogP contribution in [-0.4, -0.2) is 65.0 Å². The predicted octanol–water partition coefficient (Wildman–Crippen LogP) is 2.10. The number of ether oxygens (including phenoxy) is 1. The van der Waals surface area contributed by atoms with Crippen molar-refractivity contribution in [3.05, 3.63) is 82.8 Å². The number of phenolic OH excluding ortho intramolecular Hbond substituents is 1. The summed E-state index contributed by atoms with van der Waals surface area (Å²) in [6, 6.07) is 15.9. The predicted molar refractivity (Wildman–Crippen MR) is 143 cm³/mol. The molecule has 0 spiro atoms. The fraction of sp³-hybridized carbons (Fsp3) is 0.333. The lowest BCUT2D eigenvalue weighted by atomic mass is 10.0. The van der Waals surface area contributed by atoms with Crippen molar-refractivity contribution in [3.63, 3.8) is 0 Å². The molecule has 0 bridgehead atoms. The Bertz CT molecular complexity index is 1420. The molecule has 204 valence electrons. The SMILES string of the molecule is CC(CNC(=O)c1ccccc1O)(CC(O)n1ccc(-c2ccc(OCCCO)cc2)cc1=O)S(C)(=O)=O. The molecule has 0 aliphatic rings. The molecule has 3 aromatic rings. The van der Waals surface area contributed by atoms with Gasteiger partial charge in [0.15, 0.2) is 9.84 Å². The smallest absolute Gasteiger partial charge is 0.255 e. The number of phenols is 1. The van der Waals surface area contributed by atoms with Crippen LogP contribution in [0.2, 0.25) is 0 Å². The Morgan fingerprint density at radius 2 is 1.79 bits per heavy atom. The van der Waals surface area contributed by atoms with Crippen molar-refractivity contribution in [1.29, 1.82) is 0 Å². The summed E-state index contributed by atoms with van der Waals surface area (Å²) in [6.45, 7) is 1.45. The molecule has 10 nitrogen and oxygen atoms in total. The number of aliphatic hydroxyl groups excluding tert-OH is 2. The van der Waals surface area contributed by atoms with Crippen LogP contribution < -0.4 is 15.6 Å². The van der Waals surface area contributed by atoms with Crippen molar-refractivity contribution < 1.29 is 33.3 Å². The topological polar surface area (TPSA) is 155 Å². The van der Waals surface area contributed by atoms with Crippen LogP contribution in [-0.2, 0) is 9.84 Å². The van der Waals surface area contributed by atoms with Gasteiger partial charge in [0.1, 0.15) is 17.7 Å². The Hall–Kier alpha value is -3.67. The molecule has 1 amide bonds. The molecule has 2 aromatic carbocycles. The molecule has 1 heterocycles. The van der Waals surface area contributed by atoms with Gasteiger partial charge in [-0.25, -0.2) is 8.42 Å². The van der Waals surface area contributed by atoms with Crippen LogP contribution >= 0.6 is 0 Å². The van der Waals surface area contributed by atoms with Crippen LogP contribution in [0.1, 0.15) is 36.4 Å². The molecule has 0 aliphatic carbocycles. The second kappa shape index (κ2) is 12.2. The van der Waals surface area contributed by atoms with Crippen molar-refractivity contribution in [2.24, 2.45) is 0 Å². The minimum Gasteiger partial charge on any atom is -0.507 e. The Morgan fingerprint density at radius 3 is 2.39 bits per heavy atom. The average Bonchev–Trinajstić information content (AvgIpc) is 2.87. The summed E-state index contributed by atoms with van der Waals surface area (Å²) >= 11 is 0. The zero-order valence-electron chi connectivity index (χ0n) is 21.2. The number of hydrogen-bond donors (Lipinski definition) is 4. The van der Waals surface area contributed by atoms with Gasteiger partial charge in [-0.3, -0.25) is 14.2 Å². The molecule has 38 heavy (non-hydrogen) atoms. The molecule has 0 saturated heterocycles. The largest absolute Gasteiger partial charge is 0.507 e. The summed E-state index contributed by atoms with van der Waals surface area (Å²) in [5, 5.41) is 32.1. The standard InChI is InChI=1S/C27H32N2O8S/c1-27(38(2,35)36,18-28-26(34)22-6-3-4-7-23(22)31)17-25(33)29-13-12-20(16-24(29)32)19-8-10-21(11-9-19)37-15-5-14-30/h3-4,6-13,16,25,30-31,33H,5,14-15,17-18H2,1-2H3,(H,28,34). The summed E-state index contributed by atoms with van der Waals surface area (Å²) in [4.78, 5) is 25.3. The number of aromatic nitrogens is 1. The second-order valence-corrected chi connectivity index (χ2v) is 11.7. The van der Waals surface area contributed by atoms with Gasteiger partial charge in [-0.2, -0.15) is 0 Å². The summed E-state index contributed by atoms with van der Waals surface area (Å²) in [7, 11) is -3.81. The third-order valence-electron chi connectivity index (χ3n) is 6.31. The molecule has 1 aromatic heterocycles. The monoisotopic (exact) mass is 544 g/mol. The van der Waals surface area contributed by atoms with E-state index in [1.165, 1.54) is 31.3 Å². The van der Waals surface area contributed by atoms with E-state index in [9.17, 15) is 28.2 Å². The summed E-state index contributed by atoms with van der Waals surface area (Å²) in [5.41, 5.74) is 0.792. The van der Waals surface area contributed by atoms with E-state index >= 15 is 0 Å². The maximum atomic E-state index is 12.8. The molecular formula is C27H32N2O8S. The molecular weight excluding hydrogens is 512 g/mol. The zero-order chi connectivity index (χ0) is 27.9. The molecule has 4 N–H and O–H groups in total. The maximum absolute atomic E-state index is 12.8. The molecule has 11 heteroatoms. The number of aliphatic hydroxyl groups is 2. The highest BCUT2D eigenvalue weighted by Crippen LogP contribution is 2.27. The number of pyridine rings is 1. The normalized spacial score (nSPS) is 13.9. The van der Waals surface area contributed by atoms with Crippen molar-refractivity contribution in [2.75, 3.05) is 26.0 Å². The Morgan fingerprint density at radius 1 is 1.11 bits per heavy atom. The number of rotatable bonds is 12. The second-order valence-electron chi connectivity index (χ2n) is 9.22. The highest BCUT2D eigenvalue weighted by molar-refractivity contribution is 7.92. The third-order valence-corrected chi connectivity index (χ3v) is 8.41. The molecule has 3 rings (SSSR count). The van der Waals surface area contributed by atoms with Gasteiger partial charge >= 0.3 is 0 Å². The molecule has 2 atom stereocenters. The number of hydrogen-bond acceptors (Lipinski definition) is 8. The van der Waals surface area contributed by atoms with Crippen LogP contribution in [0.15, 0.2) is 71.7 Å². The van der Waals surface area contributed by atoms with E-state index in [0.29, 0.717) is 24.3 Å². The zero-order valence-corrected chi connectivity index (χ0v) is 22.0. The minimum absolute atomic E-state index is 0.0135. The Kier molecular flexibility index (Phi) is 9.31. The molecule has 2 unspecified atom stereocenters. The van der Waals surface area contributed by atoms with E-state index in [2.05, 4.69) is 5.32 Å². The van der Waals surface area contributed by atoms with Crippen LogP contribution in [0.25, 0.3) is 11.1 Å². The van der Waals surface area contributed by atoms with E-state index in [0.717, 1.165) is 16.4 Å². The van der Waals surface area contributed by atoms with Crippen molar-refractivity contribution in [3.8, 4) is 22.6 Å². The lowest BCUT2D eigenvalue weighted by Crippen LogP contribution is -2.48. The first kappa shape index (κ1) is 28.9. The van der Waals surface area contributed by atoms with Gasteiger partial charge in [0, 0.05) is 44.5 Å². The Labute approximate surface area is 221 Å². The fourth-order valence-electron chi connectivity index (χ4n) is 3.78. The van der Waals surface area contributed by atoms with Crippen LogP contribution in [0, 0.1) is 0 Å². The van der Waals surface area contributed by atoms with Gasteiger partial charge in [0.25, 0.3) is 11.5 Å². The lowest BCUT2D eigenvalue weighted by Gasteiger charge is -2.30. The van der Waals surface area contributed by atoms with Crippen LogP contribution in [0.5, 0.6) is 11.5 Å². The van der Waals surface area contributed by atoms with Crippen molar-refractivity contribution in [1.82, 2.24) is 9.88 Å². The number of nitrogens with one attached hydrogen (secondary N) is 1. The van der Waals surface area contributed by atoms with E-state index < -0.39 is 32.3 Å². The minimum atomic E-state index is -3.81. The highest BCUT2D eigenvalue weighted by atomic mass is 32.2. The fourth-order valence-corrected chi connectivity index (χ4v) is 4.57. The lowest BCUT2D eigenvalue weighted by molar-refractivity contribution is 0.0767. The van der Waals surface area contributed by atoms with Gasteiger partial charge in [-0.05, 0) is 48.4 Å². The third kappa shape index (κ3) is 7.00. The van der Waals surface area contributed by atoms with Gasteiger partial charge in [-0.1, -0.05) is 24.3 Å². The van der Waals surface area contributed by atoms with Crippen molar-refractivity contribution in [2.45, 2.75) is 30.7 Å². The summed E-state index contributed by atoms with van der Waals surface area (Å²) in [5.74, 6) is -0.291. The summed E-state index contributed by atoms with van der Waals surface area (Å²) < 4.78 is 30.2. The number of sulfone groups is 1. The number of aromatic hydroxyl groups is 1. The van der Waals surface area contributed by atoms with Crippen LogP contribution in [0.3, 0.4) is 0 Å².